The van der Waals surface area contributed by atoms with Crippen molar-refractivity contribution in [1.29, 1.82) is 0 Å². The lowest BCUT2D eigenvalue weighted by Gasteiger charge is -2.34. The number of hydrogen-bond donors (Lipinski definition) is 1. The molecule has 1 aliphatic rings. The molecule has 1 saturated heterocycles. The van der Waals surface area contributed by atoms with Gasteiger partial charge in [-0.15, -0.1) is 0 Å². The van der Waals surface area contributed by atoms with Crippen molar-refractivity contribution in [2.24, 2.45) is 0 Å². The summed E-state index contributed by atoms with van der Waals surface area (Å²) in [6, 6.07) is 8.47. The fourth-order valence-electron chi connectivity index (χ4n) is 2.98. The number of thiazole rings is 1. The summed E-state index contributed by atoms with van der Waals surface area (Å²) in [6.45, 7) is 5.18. The SMILES string of the molecule is Cc1ccc([C@@H](c2sc3ncnn3c2O)N2CCOCC2)cc1. The van der Waals surface area contributed by atoms with Gasteiger partial charge < -0.3 is 9.84 Å². The molecule has 7 heteroatoms. The van der Waals surface area contributed by atoms with E-state index in [1.165, 1.54) is 27.7 Å². The molecule has 3 heterocycles. The Kier molecular flexibility index (Phi) is 3.76. The van der Waals surface area contributed by atoms with Gasteiger partial charge >= 0.3 is 0 Å². The van der Waals surface area contributed by atoms with Crippen LogP contribution in [0.3, 0.4) is 0 Å². The largest absolute Gasteiger partial charge is 0.492 e. The number of hydrogen-bond acceptors (Lipinski definition) is 6. The van der Waals surface area contributed by atoms with Gasteiger partial charge in [-0.2, -0.15) is 9.61 Å². The highest BCUT2D eigenvalue weighted by atomic mass is 32.1. The van der Waals surface area contributed by atoms with Gasteiger partial charge in [0.25, 0.3) is 0 Å². The van der Waals surface area contributed by atoms with Gasteiger partial charge in [0.15, 0.2) is 0 Å². The zero-order valence-corrected chi connectivity index (χ0v) is 13.7. The molecule has 0 saturated carbocycles. The maximum Gasteiger partial charge on any atom is 0.230 e. The van der Waals surface area contributed by atoms with E-state index in [2.05, 4.69) is 46.2 Å². The van der Waals surface area contributed by atoms with E-state index in [9.17, 15) is 5.11 Å². The number of rotatable bonds is 3. The average Bonchev–Trinajstić information content (AvgIpc) is 3.15. The quantitative estimate of drug-likeness (QED) is 0.798. The van der Waals surface area contributed by atoms with Crippen molar-refractivity contribution in [2.75, 3.05) is 26.3 Å². The van der Waals surface area contributed by atoms with E-state index in [0.29, 0.717) is 18.2 Å². The lowest BCUT2D eigenvalue weighted by Crippen LogP contribution is -2.39. The Morgan fingerprint density at radius 1 is 1.22 bits per heavy atom. The van der Waals surface area contributed by atoms with E-state index in [0.717, 1.165) is 23.5 Å². The summed E-state index contributed by atoms with van der Waals surface area (Å²) in [5, 5.41) is 14.7. The highest BCUT2D eigenvalue weighted by molar-refractivity contribution is 7.17. The Hall–Kier alpha value is -1.96. The molecule has 1 fully saturated rings. The monoisotopic (exact) mass is 330 g/mol. The summed E-state index contributed by atoms with van der Waals surface area (Å²) in [7, 11) is 0. The molecule has 1 aliphatic heterocycles. The minimum absolute atomic E-state index is 0.00648. The van der Waals surface area contributed by atoms with Crippen LogP contribution in [0.5, 0.6) is 5.88 Å². The number of aryl methyl sites for hydroxylation is 1. The summed E-state index contributed by atoms with van der Waals surface area (Å²) in [6.07, 6.45) is 1.46. The second kappa shape index (κ2) is 5.92. The van der Waals surface area contributed by atoms with Crippen molar-refractivity contribution in [3.05, 3.63) is 46.6 Å². The molecule has 0 radical (unpaired) electrons. The molecule has 1 atom stereocenters. The summed E-state index contributed by atoms with van der Waals surface area (Å²) in [5.74, 6) is 0.180. The van der Waals surface area contributed by atoms with E-state index in [-0.39, 0.29) is 11.9 Å². The summed E-state index contributed by atoms with van der Waals surface area (Å²) >= 11 is 1.49. The molecule has 1 aromatic carbocycles. The summed E-state index contributed by atoms with van der Waals surface area (Å²) in [4.78, 5) is 8.14. The first-order chi connectivity index (χ1) is 11.2. The molecule has 120 valence electrons. The third-order valence-corrected chi connectivity index (χ3v) is 5.28. The number of fused-ring (bicyclic) bond motifs is 1. The third kappa shape index (κ3) is 2.60. The Labute approximate surface area is 138 Å². The highest BCUT2D eigenvalue weighted by Crippen LogP contribution is 2.39. The van der Waals surface area contributed by atoms with Crippen LogP contribution in [-0.4, -0.2) is 50.9 Å². The molecule has 0 bridgehead atoms. The molecule has 0 aliphatic carbocycles. The second-order valence-corrected chi connectivity index (χ2v) is 6.71. The van der Waals surface area contributed by atoms with Gasteiger partial charge in [0.2, 0.25) is 10.8 Å². The average molecular weight is 330 g/mol. The molecule has 0 spiro atoms. The standard InChI is InChI=1S/C16H18N4O2S/c1-11-2-4-12(5-3-11)13(19-6-8-22-9-7-19)14-15(21)20-16(23-14)17-10-18-20/h2-5,10,13,21H,6-9H2,1H3/t13-/m0/s1. The van der Waals surface area contributed by atoms with Gasteiger partial charge in [0, 0.05) is 13.1 Å². The fraction of sp³-hybridized carbons (Fsp3) is 0.375. The third-order valence-electron chi connectivity index (χ3n) is 4.19. The van der Waals surface area contributed by atoms with Crippen LogP contribution in [0.1, 0.15) is 22.0 Å². The maximum absolute atomic E-state index is 10.6. The van der Waals surface area contributed by atoms with Crippen molar-refractivity contribution in [2.45, 2.75) is 13.0 Å². The van der Waals surface area contributed by atoms with E-state index in [1.54, 1.807) is 0 Å². The summed E-state index contributed by atoms with van der Waals surface area (Å²) < 4.78 is 6.99. The minimum Gasteiger partial charge on any atom is -0.492 e. The van der Waals surface area contributed by atoms with Gasteiger partial charge in [0.1, 0.15) is 6.33 Å². The molecule has 0 amide bonds. The topological polar surface area (TPSA) is 62.9 Å². The highest BCUT2D eigenvalue weighted by Gasteiger charge is 2.30. The lowest BCUT2D eigenvalue weighted by atomic mass is 10.0. The first-order valence-corrected chi connectivity index (χ1v) is 8.45. The van der Waals surface area contributed by atoms with Gasteiger partial charge in [-0.3, -0.25) is 4.90 Å². The maximum atomic E-state index is 10.6. The zero-order chi connectivity index (χ0) is 15.8. The van der Waals surface area contributed by atoms with E-state index in [1.807, 2.05) is 0 Å². The van der Waals surface area contributed by atoms with Crippen LogP contribution in [-0.2, 0) is 4.74 Å². The first-order valence-electron chi connectivity index (χ1n) is 7.64. The molecular formula is C16H18N4O2S. The molecule has 6 nitrogen and oxygen atoms in total. The normalized spacial score (nSPS) is 17.6. The van der Waals surface area contributed by atoms with Crippen molar-refractivity contribution in [1.82, 2.24) is 19.5 Å². The number of benzene rings is 1. The van der Waals surface area contributed by atoms with E-state index < -0.39 is 0 Å². The Balaban J connectivity index is 1.81. The Morgan fingerprint density at radius 2 is 1.96 bits per heavy atom. The van der Waals surface area contributed by atoms with Crippen LogP contribution >= 0.6 is 11.3 Å². The number of ether oxygens (including phenoxy) is 1. The van der Waals surface area contributed by atoms with Gasteiger partial charge in [-0.25, -0.2) is 4.98 Å². The Bertz CT molecular complexity index is 805. The van der Waals surface area contributed by atoms with Crippen molar-refractivity contribution in [3.8, 4) is 5.88 Å². The number of aromatic nitrogens is 3. The first kappa shape index (κ1) is 14.6. The predicted octanol–water partition coefficient (Wildman–Crippen LogP) is 2.23. The molecule has 23 heavy (non-hydrogen) atoms. The molecule has 4 rings (SSSR count). The minimum atomic E-state index is -0.00648. The second-order valence-electron chi connectivity index (χ2n) is 5.71. The predicted molar refractivity (Wildman–Crippen MR) is 87.9 cm³/mol. The smallest absolute Gasteiger partial charge is 0.230 e. The molecule has 3 aromatic rings. The molecule has 0 unspecified atom stereocenters. The molecule has 2 aromatic heterocycles. The number of aromatic hydroxyl groups is 1. The Morgan fingerprint density at radius 3 is 2.65 bits per heavy atom. The van der Waals surface area contributed by atoms with Crippen LogP contribution in [0.4, 0.5) is 0 Å². The van der Waals surface area contributed by atoms with Crippen LogP contribution in [0.15, 0.2) is 30.6 Å². The van der Waals surface area contributed by atoms with Crippen molar-refractivity contribution >= 4 is 16.3 Å². The van der Waals surface area contributed by atoms with Crippen LogP contribution in [0.2, 0.25) is 0 Å². The molecule has 1 N–H and O–H groups in total. The van der Waals surface area contributed by atoms with Gasteiger partial charge in [0.05, 0.1) is 24.1 Å². The van der Waals surface area contributed by atoms with Crippen LogP contribution < -0.4 is 0 Å². The van der Waals surface area contributed by atoms with Gasteiger partial charge in [-0.05, 0) is 12.5 Å². The van der Waals surface area contributed by atoms with Crippen LogP contribution in [0, 0.1) is 6.92 Å². The van der Waals surface area contributed by atoms with E-state index >= 15 is 0 Å². The van der Waals surface area contributed by atoms with Crippen molar-refractivity contribution < 1.29 is 9.84 Å². The molecular weight excluding hydrogens is 312 g/mol. The lowest BCUT2D eigenvalue weighted by molar-refractivity contribution is 0.0241. The number of nitrogens with zero attached hydrogens (tertiary/aromatic N) is 4. The summed E-state index contributed by atoms with van der Waals surface area (Å²) in [5.41, 5.74) is 2.39. The van der Waals surface area contributed by atoms with Gasteiger partial charge in [-0.1, -0.05) is 41.2 Å². The van der Waals surface area contributed by atoms with Crippen LogP contribution in [0.25, 0.3) is 4.96 Å². The zero-order valence-electron chi connectivity index (χ0n) is 12.8. The number of morpholine rings is 1. The van der Waals surface area contributed by atoms with E-state index in [4.69, 9.17) is 4.74 Å². The van der Waals surface area contributed by atoms with Crippen molar-refractivity contribution in [3.63, 3.8) is 0 Å². The fourth-order valence-corrected chi connectivity index (χ4v) is 4.08.